The molecule has 6 heteroatoms. The summed E-state index contributed by atoms with van der Waals surface area (Å²) >= 11 is 0. The van der Waals surface area contributed by atoms with Gasteiger partial charge in [0.25, 0.3) is 5.91 Å². The fraction of sp³-hybridized carbons (Fsp3) is 0.333. The summed E-state index contributed by atoms with van der Waals surface area (Å²) in [5.74, 6) is 0.371. The summed E-state index contributed by atoms with van der Waals surface area (Å²) in [5, 5.41) is 13.3. The third kappa shape index (κ3) is 3.90. The van der Waals surface area contributed by atoms with E-state index in [9.17, 15) is 9.90 Å². The van der Waals surface area contributed by atoms with Crippen molar-refractivity contribution in [1.82, 2.24) is 15.2 Å². The first-order valence-corrected chi connectivity index (χ1v) is 8.09. The second-order valence-corrected chi connectivity index (χ2v) is 6.08. The number of carbonyl (C=O) groups excluding carboxylic acids is 1. The number of nitrogens with one attached hydrogen (secondary N) is 1. The predicted molar refractivity (Wildman–Crippen MR) is 92.2 cm³/mol. The molecule has 1 fully saturated rings. The normalized spacial score (nSPS) is 21.4. The quantitative estimate of drug-likeness (QED) is 0.780. The van der Waals surface area contributed by atoms with Crippen LogP contribution in [-0.2, 0) is 6.54 Å². The Labute approximate surface area is 141 Å². The van der Waals surface area contributed by atoms with Crippen LogP contribution in [0.4, 0.5) is 5.82 Å². The van der Waals surface area contributed by atoms with Crippen molar-refractivity contribution >= 4 is 11.7 Å². The van der Waals surface area contributed by atoms with Crippen LogP contribution in [-0.4, -0.2) is 46.1 Å². The van der Waals surface area contributed by atoms with E-state index in [1.54, 1.807) is 18.3 Å². The largest absolute Gasteiger partial charge is 0.390 e. The number of pyridine rings is 1. The summed E-state index contributed by atoms with van der Waals surface area (Å²) in [5.41, 5.74) is 7.43. The summed E-state index contributed by atoms with van der Waals surface area (Å²) in [6, 6.07) is 12.6. The lowest BCUT2D eigenvalue weighted by Gasteiger charge is -2.36. The molecule has 6 nitrogen and oxygen atoms in total. The molecule has 3 rings (SSSR count). The number of amides is 1. The number of anilines is 1. The van der Waals surface area contributed by atoms with E-state index in [1.807, 2.05) is 30.3 Å². The van der Waals surface area contributed by atoms with Crippen molar-refractivity contribution in [3.8, 4) is 0 Å². The molecule has 0 unspecified atom stereocenters. The van der Waals surface area contributed by atoms with Crippen molar-refractivity contribution in [1.29, 1.82) is 0 Å². The van der Waals surface area contributed by atoms with Gasteiger partial charge in [-0.05, 0) is 24.6 Å². The highest BCUT2D eigenvalue weighted by Crippen LogP contribution is 2.17. The standard InChI is InChI=1S/C18H22N4O2/c19-17-14(7-4-9-20-17)11-22-10-8-15(16(23)12-22)21-18(24)13-5-2-1-3-6-13/h1-7,9,15-16,23H,8,10-12H2,(H2,19,20)(H,21,24)/t15-,16-/m1/s1. The van der Waals surface area contributed by atoms with Gasteiger partial charge in [0, 0.05) is 37.0 Å². The number of likely N-dealkylation sites (tertiary alicyclic amines) is 1. The van der Waals surface area contributed by atoms with Crippen LogP contribution in [0.15, 0.2) is 48.7 Å². The van der Waals surface area contributed by atoms with Crippen LogP contribution in [0, 0.1) is 0 Å². The number of nitrogens with two attached hydrogens (primary N) is 1. The Kier molecular flexibility index (Phi) is 5.08. The number of aromatic nitrogens is 1. The Morgan fingerprint density at radius 2 is 2.08 bits per heavy atom. The average Bonchev–Trinajstić information content (AvgIpc) is 2.60. The highest BCUT2D eigenvalue weighted by molar-refractivity contribution is 5.94. The molecule has 0 aliphatic carbocycles. The Hall–Kier alpha value is -2.44. The number of hydrogen-bond donors (Lipinski definition) is 3. The van der Waals surface area contributed by atoms with Crippen molar-refractivity contribution in [3.63, 3.8) is 0 Å². The number of piperidine rings is 1. The third-order valence-corrected chi connectivity index (χ3v) is 4.34. The molecular weight excluding hydrogens is 304 g/mol. The van der Waals surface area contributed by atoms with Gasteiger partial charge in [0.1, 0.15) is 5.82 Å². The topological polar surface area (TPSA) is 91.5 Å². The molecule has 2 atom stereocenters. The first-order chi connectivity index (χ1) is 11.6. The molecule has 0 bridgehead atoms. The minimum atomic E-state index is -0.607. The van der Waals surface area contributed by atoms with Crippen LogP contribution < -0.4 is 11.1 Å². The van der Waals surface area contributed by atoms with Gasteiger partial charge in [-0.3, -0.25) is 9.69 Å². The number of carbonyl (C=O) groups is 1. The van der Waals surface area contributed by atoms with E-state index in [4.69, 9.17) is 5.73 Å². The van der Waals surface area contributed by atoms with Gasteiger partial charge < -0.3 is 16.2 Å². The van der Waals surface area contributed by atoms with Crippen molar-refractivity contribution in [2.75, 3.05) is 18.8 Å². The predicted octanol–water partition coefficient (Wildman–Crippen LogP) is 1.03. The smallest absolute Gasteiger partial charge is 0.251 e. The van der Waals surface area contributed by atoms with Crippen molar-refractivity contribution < 1.29 is 9.90 Å². The SMILES string of the molecule is Nc1ncccc1CN1CC[C@@H](NC(=O)c2ccccc2)[C@H](O)C1. The molecule has 0 spiro atoms. The van der Waals surface area contributed by atoms with Gasteiger partial charge in [0.05, 0.1) is 12.1 Å². The number of rotatable bonds is 4. The maximum absolute atomic E-state index is 12.2. The van der Waals surface area contributed by atoms with Gasteiger partial charge in [-0.15, -0.1) is 0 Å². The number of hydrogen-bond acceptors (Lipinski definition) is 5. The van der Waals surface area contributed by atoms with Gasteiger partial charge in [0.2, 0.25) is 0 Å². The molecule has 0 radical (unpaired) electrons. The Morgan fingerprint density at radius 1 is 1.29 bits per heavy atom. The van der Waals surface area contributed by atoms with Crippen LogP contribution in [0.1, 0.15) is 22.3 Å². The molecule has 2 heterocycles. The molecule has 24 heavy (non-hydrogen) atoms. The monoisotopic (exact) mass is 326 g/mol. The van der Waals surface area contributed by atoms with E-state index in [1.165, 1.54) is 0 Å². The number of aliphatic hydroxyl groups is 1. The zero-order chi connectivity index (χ0) is 16.9. The second kappa shape index (κ2) is 7.42. The number of benzene rings is 1. The minimum absolute atomic E-state index is 0.149. The fourth-order valence-electron chi connectivity index (χ4n) is 2.98. The molecule has 126 valence electrons. The second-order valence-electron chi connectivity index (χ2n) is 6.08. The summed E-state index contributed by atoms with van der Waals surface area (Å²) in [7, 11) is 0. The van der Waals surface area contributed by atoms with E-state index in [0.717, 1.165) is 12.1 Å². The summed E-state index contributed by atoms with van der Waals surface area (Å²) in [6.45, 7) is 1.93. The number of nitrogen functional groups attached to an aromatic ring is 1. The molecule has 1 amide bonds. The van der Waals surface area contributed by atoms with Gasteiger partial charge in [-0.2, -0.15) is 0 Å². The zero-order valence-corrected chi connectivity index (χ0v) is 13.4. The van der Waals surface area contributed by atoms with Crippen LogP contribution in [0.3, 0.4) is 0 Å². The lowest BCUT2D eigenvalue weighted by atomic mass is 10.0. The third-order valence-electron chi connectivity index (χ3n) is 4.34. The molecule has 1 aliphatic rings. The summed E-state index contributed by atoms with van der Waals surface area (Å²) in [4.78, 5) is 18.4. The maximum atomic E-state index is 12.2. The number of aliphatic hydroxyl groups excluding tert-OH is 1. The van der Waals surface area contributed by atoms with Gasteiger partial charge in [-0.25, -0.2) is 4.98 Å². The van der Waals surface area contributed by atoms with Crippen LogP contribution in [0.5, 0.6) is 0 Å². The molecule has 1 aliphatic heterocycles. The molecule has 1 aromatic carbocycles. The lowest BCUT2D eigenvalue weighted by Crippen LogP contribution is -2.53. The first kappa shape index (κ1) is 16.4. The van der Waals surface area contributed by atoms with E-state index in [-0.39, 0.29) is 11.9 Å². The first-order valence-electron chi connectivity index (χ1n) is 8.09. The number of β-amino-alcohol motifs (C(OH)–C–C–N with tert-alkyl or cyclic N) is 1. The molecule has 1 aromatic heterocycles. The van der Waals surface area contributed by atoms with Gasteiger partial charge >= 0.3 is 0 Å². The highest BCUT2D eigenvalue weighted by Gasteiger charge is 2.29. The molecular formula is C18H22N4O2. The summed E-state index contributed by atoms with van der Waals surface area (Å²) in [6.07, 6.45) is 1.75. The summed E-state index contributed by atoms with van der Waals surface area (Å²) < 4.78 is 0. The van der Waals surface area contributed by atoms with Crippen LogP contribution in [0.25, 0.3) is 0 Å². The lowest BCUT2D eigenvalue weighted by molar-refractivity contribution is 0.0350. The van der Waals surface area contributed by atoms with Gasteiger partial charge in [0.15, 0.2) is 0 Å². The molecule has 1 saturated heterocycles. The van der Waals surface area contributed by atoms with Crippen molar-refractivity contribution in [3.05, 3.63) is 59.8 Å². The van der Waals surface area contributed by atoms with Crippen molar-refractivity contribution in [2.45, 2.75) is 25.1 Å². The Bertz CT molecular complexity index is 692. The molecule has 0 saturated carbocycles. The van der Waals surface area contributed by atoms with Crippen LogP contribution in [0.2, 0.25) is 0 Å². The zero-order valence-electron chi connectivity index (χ0n) is 13.4. The maximum Gasteiger partial charge on any atom is 0.251 e. The molecule has 4 N–H and O–H groups in total. The minimum Gasteiger partial charge on any atom is -0.390 e. The van der Waals surface area contributed by atoms with E-state index in [0.29, 0.717) is 30.9 Å². The average molecular weight is 326 g/mol. The fourth-order valence-corrected chi connectivity index (χ4v) is 2.98. The number of nitrogens with zero attached hydrogens (tertiary/aromatic N) is 2. The van der Waals surface area contributed by atoms with E-state index >= 15 is 0 Å². The van der Waals surface area contributed by atoms with E-state index < -0.39 is 6.10 Å². The Balaban J connectivity index is 1.56. The highest BCUT2D eigenvalue weighted by atomic mass is 16.3. The Morgan fingerprint density at radius 3 is 2.79 bits per heavy atom. The molecule has 2 aromatic rings. The van der Waals surface area contributed by atoms with Crippen LogP contribution >= 0.6 is 0 Å². The van der Waals surface area contributed by atoms with E-state index in [2.05, 4.69) is 15.2 Å². The van der Waals surface area contributed by atoms with Crippen molar-refractivity contribution in [2.24, 2.45) is 0 Å². The van der Waals surface area contributed by atoms with Gasteiger partial charge in [-0.1, -0.05) is 24.3 Å².